The van der Waals surface area contributed by atoms with E-state index in [0.717, 1.165) is 4.88 Å². The van der Waals surface area contributed by atoms with Crippen molar-refractivity contribution < 1.29 is 23.2 Å². The molecule has 0 aliphatic carbocycles. The van der Waals surface area contributed by atoms with E-state index in [1.807, 2.05) is 35.7 Å². The first-order chi connectivity index (χ1) is 16.6. The van der Waals surface area contributed by atoms with E-state index >= 15 is 0 Å². The van der Waals surface area contributed by atoms with Crippen LogP contribution in [0.4, 0.5) is 0 Å². The third-order valence-electron chi connectivity index (χ3n) is 5.06. The first kappa shape index (κ1) is 23.1. The summed E-state index contributed by atoms with van der Waals surface area (Å²) >= 11 is 1.48. The average molecular weight is 478 g/mol. The summed E-state index contributed by atoms with van der Waals surface area (Å²) in [4.78, 5) is 41.5. The van der Waals surface area contributed by atoms with Crippen molar-refractivity contribution >= 4 is 29.1 Å². The predicted molar refractivity (Wildman–Crippen MR) is 126 cm³/mol. The molecule has 0 spiro atoms. The Morgan fingerprint density at radius 2 is 1.68 bits per heavy atom. The second-order valence-electron chi connectivity index (χ2n) is 7.37. The monoisotopic (exact) mass is 477 g/mol. The van der Waals surface area contributed by atoms with Gasteiger partial charge in [-0.3, -0.25) is 14.4 Å². The van der Waals surface area contributed by atoms with Gasteiger partial charge in [0.25, 0.3) is 5.91 Å². The summed E-state index contributed by atoms with van der Waals surface area (Å²) in [6.07, 6.45) is 2.92. The lowest BCUT2D eigenvalue weighted by Gasteiger charge is -2.31. The quantitative estimate of drug-likeness (QED) is 0.362. The number of furan rings is 2. The smallest absolute Gasteiger partial charge is 0.287 e. The van der Waals surface area contributed by atoms with Gasteiger partial charge in [-0.2, -0.15) is 0 Å². The minimum Gasteiger partial charge on any atom is -0.467 e. The van der Waals surface area contributed by atoms with Crippen molar-refractivity contribution in [3.05, 3.63) is 107 Å². The van der Waals surface area contributed by atoms with Crippen molar-refractivity contribution in [3.8, 4) is 0 Å². The summed E-state index contributed by atoms with van der Waals surface area (Å²) in [5, 5.41) is 7.35. The molecule has 0 saturated heterocycles. The molecule has 0 fully saturated rings. The highest BCUT2D eigenvalue weighted by molar-refractivity contribution is 7.09. The van der Waals surface area contributed by atoms with Crippen LogP contribution >= 0.6 is 11.3 Å². The van der Waals surface area contributed by atoms with Crippen molar-refractivity contribution in [1.82, 2.24) is 15.5 Å². The average Bonchev–Trinajstić information content (AvgIpc) is 3.65. The molecule has 3 heterocycles. The van der Waals surface area contributed by atoms with E-state index < -0.39 is 17.9 Å². The van der Waals surface area contributed by atoms with E-state index in [2.05, 4.69) is 10.6 Å². The van der Waals surface area contributed by atoms with Crippen molar-refractivity contribution in [2.45, 2.75) is 19.1 Å². The van der Waals surface area contributed by atoms with Crippen LogP contribution in [0.2, 0.25) is 0 Å². The summed E-state index contributed by atoms with van der Waals surface area (Å²) in [7, 11) is 0. The molecule has 1 atom stereocenters. The zero-order valence-corrected chi connectivity index (χ0v) is 19.0. The third kappa shape index (κ3) is 5.81. The molecule has 1 aromatic carbocycles. The summed E-state index contributed by atoms with van der Waals surface area (Å²) in [6, 6.07) is 18.5. The Morgan fingerprint density at radius 3 is 2.35 bits per heavy atom. The van der Waals surface area contributed by atoms with Crippen molar-refractivity contribution in [2.24, 2.45) is 0 Å². The van der Waals surface area contributed by atoms with Gasteiger partial charge >= 0.3 is 0 Å². The molecule has 0 radical (unpaired) electrons. The van der Waals surface area contributed by atoms with E-state index in [0.29, 0.717) is 11.3 Å². The Bertz CT molecular complexity index is 1190. The minimum atomic E-state index is -0.911. The highest BCUT2D eigenvalue weighted by atomic mass is 32.1. The first-order valence-corrected chi connectivity index (χ1v) is 11.5. The molecule has 3 aromatic heterocycles. The normalized spacial score (nSPS) is 11.5. The zero-order chi connectivity index (χ0) is 23.8. The van der Waals surface area contributed by atoms with Crippen LogP contribution in [0.15, 0.2) is 93.5 Å². The maximum Gasteiger partial charge on any atom is 0.287 e. The largest absolute Gasteiger partial charge is 0.467 e. The number of benzene rings is 1. The fraction of sp³-hybridized carbons (Fsp3) is 0.160. The lowest BCUT2D eigenvalue weighted by Crippen LogP contribution is -2.46. The molecule has 34 heavy (non-hydrogen) atoms. The van der Waals surface area contributed by atoms with Crippen molar-refractivity contribution in [1.29, 1.82) is 0 Å². The van der Waals surface area contributed by atoms with Gasteiger partial charge < -0.3 is 24.4 Å². The summed E-state index contributed by atoms with van der Waals surface area (Å²) in [5.74, 6) is -0.566. The highest BCUT2D eigenvalue weighted by Crippen LogP contribution is 2.25. The van der Waals surface area contributed by atoms with Crippen LogP contribution in [0.5, 0.6) is 0 Å². The van der Waals surface area contributed by atoms with Crippen molar-refractivity contribution in [2.75, 3.05) is 6.54 Å². The molecular formula is C25H23N3O5S. The van der Waals surface area contributed by atoms with Gasteiger partial charge in [0.15, 0.2) is 5.76 Å². The Morgan fingerprint density at radius 1 is 0.882 bits per heavy atom. The number of rotatable bonds is 10. The standard InChI is InChI=1S/C25H23N3O5S/c29-22(16-27-24(30)21-11-5-13-33-21)28(17-20-10-6-14-34-20)23(18-7-2-1-3-8-18)25(31)26-15-19-9-4-12-32-19/h1-14,23H,15-17H2,(H,26,31)(H,27,30). The van der Waals surface area contributed by atoms with Gasteiger partial charge in [-0.1, -0.05) is 36.4 Å². The number of carbonyl (C=O) groups is 3. The Kier molecular flexibility index (Phi) is 7.56. The lowest BCUT2D eigenvalue weighted by atomic mass is 10.0. The van der Waals surface area contributed by atoms with Crippen LogP contribution in [0.25, 0.3) is 0 Å². The molecular weight excluding hydrogens is 454 g/mol. The summed E-state index contributed by atoms with van der Waals surface area (Å²) < 4.78 is 10.4. The first-order valence-electron chi connectivity index (χ1n) is 10.6. The molecule has 0 bridgehead atoms. The van der Waals surface area contributed by atoms with Crippen LogP contribution in [-0.2, 0) is 22.7 Å². The van der Waals surface area contributed by atoms with E-state index in [9.17, 15) is 14.4 Å². The molecule has 3 amide bonds. The molecule has 1 unspecified atom stereocenters. The third-order valence-corrected chi connectivity index (χ3v) is 5.93. The molecule has 9 heteroatoms. The number of nitrogens with one attached hydrogen (secondary N) is 2. The molecule has 0 aliphatic heterocycles. The Balaban J connectivity index is 1.58. The topological polar surface area (TPSA) is 105 Å². The van der Waals surface area contributed by atoms with Gasteiger partial charge in [0.1, 0.15) is 11.8 Å². The highest BCUT2D eigenvalue weighted by Gasteiger charge is 2.32. The number of amides is 3. The molecule has 0 aliphatic rings. The van der Waals surface area contributed by atoms with Gasteiger partial charge in [-0.05, 0) is 41.3 Å². The molecule has 4 rings (SSSR count). The van der Waals surface area contributed by atoms with E-state index in [4.69, 9.17) is 8.83 Å². The molecule has 2 N–H and O–H groups in total. The van der Waals surface area contributed by atoms with E-state index in [-0.39, 0.29) is 31.3 Å². The minimum absolute atomic E-state index is 0.105. The van der Waals surface area contributed by atoms with Gasteiger partial charge in [0, 0.05) is 4.88 Å². The van der Waals surface area contributed by atoms with Crippen LogP contribution in [0.1, 0.15) is 32.8 Å². The maximum absolute atomic E-state index is 13.4. The molecule has 0 saturated carbocycles. The zero-order valence-electron chi connectivity index (χ0n) is 18.2. The van der Waals surface area contributed by atoms with Gasteiger partial charge in [-0.15, -0.1) is 11.3 Å². The fourth-order valence-corrected chi connectivity index (χ4v) is 4.14. The number of nitrogens with zero attached hydrogens (tertiary/aromatic N) is 1. The van der Waals surface area contributed by atoms with Gasteiger partial charge in [-0.25, -0.2) is 0 Å². The predicted octanol–water partition coefficient (Wildman–Crippen LogP) is 3.75. The number of thiophene rings is 1. The number of carbonyl (C=O) groups excluding carboxylic acids is 3. The van der Waals surface area contributed by atoms with Crippen LogP contribution < -0.4 is 10.6 Å². The van der Waals surface area contributed by atoms with Crippen LogP contribution in [0, 0.1) is 0 Å². The summed E-state index contributed by atoms with van der Waals surface area (Å²) in [5.41, 5.74) is 0.654. The number of hydrogen-bond donors (Lipinski definition) is 2. The SMILES string of the molecule is O=C(NCC(=O)N(Cc1cccs1)C(C(=O)NCc1ccco1)c1ccccc1)c1ccco1. The van der Waals surface area contributed by atoms with E-state index in [1.165, 1.54) is 34.8 Å². The number of hydrogen-bond acceptors (Lipinski definition) is 6. The second-order valence-corrected chi connectivity index (χ2v) is 8.40. The molecule has 4 aromatic rings. The summed E-state index contributed by atoms with van der Waals surface area (Å²) in [6.45, 7) is 0.103. The van der Waals surface area contributed by atoms with Crippen LogP contribution in [-0.4, -0.2) is 29.2 Å². The second kappa shape index (κ2) is 11.2. The Hall–Kier alpha value is -4.11. The Labute approximate surface area is 200 Å². The van der Waals surface area contributed by atoms with Gasteiger partial charge in [0.05, 0.1) is 32.2 Å². The van der Waals surface area contributed by atoms with Crippen molar-refractivity contribution in [3.63, 3.8) is 0 Å². The van der Waals surface area contributed by atoms with Gasteiger partial charge in [0.2, 0.25) is 11.8 Å². The molecule has 174 valence electrons. The lowest BCUT2D eigenvalue weighted by molar-refractivity contribution is -0.140. The van der Waals surface area contributed by atoms with E-state index in [1.54, 1.807) is 30.3 Å². The van der Waals surface area contributed by atoms with Crippen LogP contribution in [0.3, 0.4) is 0 Å². The fourth-order valence-electron chi connectivity index (χ4n) is 3.44. The maximum atomic E-state index is 13.4. The molecule has 8 nitrogen and oxygen atoms in total.